The van der Waals surface area contributed by atoms with E-state index in [1.54, 1.807) is 13.0 Å². The summed E-state index contributed by atoms with van der Waals surface area (Å²) in [6.07, 6.45) is 0.790. The highest BCUT2D eigenvalue weighted by atomic mass is 19.1. The highest BCUT2D eigenvalue weighted by Crippen LogP contribution is 2.36. The summed E-state index contributed by atoms with van der Waals surface area (Å²) in [6.45, 7) is 2.13. The highest BCUT2D eigenvalue weighted by Gasteiger charge is 2.35. The van der Waals surface area contributed by atoms with Crippen LogP contribution in [0.25, 0.3) is 0 Å². The molecule has 5 nitrogen and oxygen atoms in total. The molecule has 0 spiro atoms. The lowest BCUT2D eigenvalue weighted by Gasteiger charge is -2.15. The number of benzene rings is 3. The fourth-order valence-corrected chi connectivity index (χ4v) is 3.81. The van der Waals surface area contributed by atoms with Gasteiger partial charge in [0.25, 0.3) is 0 Å². The normalized spacial score (nSPS) is 15.2. The van der Waals surface area contributed by atoms with Gasteiger partial charge in [0.15, 0.2) is 0 Å². The van der Waals surface area contributed by atoms with Crippen LogP contribution < -0.4 is 5.32 Å². The quantitative estimate of drug-likeness (QED) is 0.415. The van der Waals surface area contributed by atoms with Crippen LogP contribution in [0.1, 0.15) is 36.0 Å². The first-order chi connectivity index (χ1) is 15.5. The second-order valence-electron chi connectivity index (χ2n) is 7.49. The number of halogens is 1. The summed E-state index contributed by atoms with van der Waals surface area (Å²) in [5.74, 6) is -1.59. The standard InChI is InChI=1S/C26H23FN2O3/c1-2-32-23(30)14-11-17-7-6-8-18(15-17)25(28-20-9-4-3-5-10-20)24-21-13-12-19(27)16-22(21)29-26(24)31/h3-10,12-13,15-16,24H,2,11,14H2,1H3,(H,29,31). The Hall–Kier alpha value is -3.80. The molecule has 32 heavy (non-hydrogen) atoms. The number of aliphatic imine (C=N–C) groups is 1. The Labute approximate surface area is 186 Å². The highest BCUT2D eigenvalue weighted by molar-refractivity contribution is 6.24. The van der Waals surface area contributed by atoms with Crippen LogP contribution in [0.2, 0.25) is 0 Å². The number of fused-ring (bicyclic) bond motifs is 1. The predicted octanol–water partition coefficient (Wildman–Crippen LogP) is 5.18. The average Bonchev–Trinajstić information content (AvgIpc) is 3.11. The number of aryl methyl sites for hydroxylation is 1. The van der Waals surface area contributed by atoms with Crippen LogP contribution in [0.4, 0.5) is 15.8 Å². The molecule has 3 aromatic rings. The van der Waals surface area contributed by atoms with Crippen molar-refractivity contribution in [2.24, 2.45) is 4.99 Å². The number of anilines is 1. The van der Waals surface area contributed by atoms with E-state index in [0.29, 0.717) is 35.7 Å². The smallest absolute Gasteiger partial charge is 0.306 e. The molecule has 1 unspecified atom stereocenters. The van der Waals surface area contributed by atoms with Crippen LogP contribution in [0.5, 0.6) is 0 Å². The molecule has 1 atom stereocenters. The van der Waals surface area contributed by atoms with Crippen LogP contribution in [-0.4, -0.2) is 24.2 Å². The van der Waals surface area contributed by atoms with Crippen molar-refractivity contribution in [2.75, 3.05) is 11.9 Å². The van der Waals surface area contributed by atoms with E-state index >= 15 is 0 Å². The van der Waals surface area contributed by atoms with Crippen molar-refractivity contribution < 1.29 is 18.7 Å². The Morgan fingerprint density at radius 2 is 1.88 bits per heavy atom. The number of nitrogens with one attached hydrogen (secondary N) is 1. The number of esters is 1. The molecule has 0 radical (unpaired) electrons. The molecule has 162 valence electrons. The van der Waals surface area contributed by atoms with Gasteiger partial charge in [-0.25, -0.2) is 4.39 Å². The number of hydrogen-bond acceptors (Lipinski definition) is 4. The molecular formula is C26H23FN2O3. The summed E-state index contributed by atoms with van der Waals surface area (Å²) in [5.41, 5.74) is 4.13. The van der Waals surface area contributed by atoms with Crippen molar-refractivity contribution >= 4 is 29.0 Å². The van der Waals surface area contributed by atoms with Gasteiger partial charge in [0.05, 0.1) is 18.0 Å². The number of nitrogens with zero attached hydrogens (tertiary/aromatic N) is 1. The summed E-state index contributed by atoms with van der Waals surface area (Å²) >= 11 is 0. The second kappa shape index (κ2) is 9.56. The van der Waals surface area contributed by atoms with E-state index in [4.69, 9.17) is 9.73 Å². The third-order valence-corrected chi connectivity index (χ3v) is 5.27. The Morgan fingerprint density at radius 3 is 2.66 bits per heavy atom. The number of rotatable bonds is 7. The van der Waals surface area contributed by atoms with Gasteiger partial charge in [0.2, 0.25) is 5.91 Å². The number of hydrogen-bond donors (Lipinski definition) is 1. The van der Waals surface area contributed by atoms with E-state index < -0.39 is 11.7 Å². The fourth-order valence-electron chi connectivity index (χ4n) is 3.81. The van der Waals surface area contributed by atoms with E-state index in [1.807, 2.05) is 54.6 Å². The Balaban J connectivity index is 1.74. The summed E-state index contributed by atoms with van der Waals surface area (Å²) in [4.78, 5) is 29.5. The van der Waals surface area contributed by atoms with Gasteiger partial charge < -0.3 is 10.1 Å². The Bertz CT molecular complexity index is 1170. The fraction of sp³-hybridized carbons (Fsp3) is 0.192. The van der Waals surface area contributed by atoms with Crippen molar-refractivity contribution in [2.45, 2.75) is 25.7 Å². The van der Waals surface area contributed by atoms with Crippen molar-refractivity contribution in [3.05, 3.63) is 95.3 Å². The van der Waals surface area contributed by atoms with Crippen molar-refractivity contribution in [3.8, 4) is 0 Å². The molecule has 1 N–H and O–H groups in total. The zero-order chi connectivity index (χ0) is 22.5. The van der Waals surface area contributed by atoms with Crippen LogP contribution >= 0.6 is 0 Å². The van der Waals surface area contributed by atoms with E-state index in [-0.39, 0.29) is 18.3 Å². The molecule has 3 aromatic carbocycles. The molecule has 0 bridgehead atoms. The summed E-state index contributed by atoms with van der Waals surface area (Å²) in [6, 6.07) is 21.3. The molecule has 1 heterocycles. The topological polar surface area (TPSA) is 67.8 Å². The van der Waals surface area contributed by atoms with Gasteiger partial charge in [-0.2, -0.15) is 0 Å². The molecule has 0 fully saturated rings. The van der Waals surface area contributed by atoms with Crippen molar-refractivity contribution in [1.29, 1.82) is 0 Å². The van der Waals surface area contributed by atoms with Gasteiger partial charge in [-0.1, -0.05) is 42.5 Å². The first-order valence-corrected chi connectivity index (χ1v) is 10.5. The number of carbonyl (C=O) groups is 2. The summed E-state index contributed by atoms with van der Waals surface area (Å²) in [5, 5.41) is 2.77. The van der Waals surface area contributed by atoms with E-state index in [9.17, 15) is 14.0 Å². The van der Waals surface area contributed by atoms with Crippen molar-refractivity contribution in [3.63, 3.8) is 0 Å². The molecular weight excluding hydrogens is 407 g/mol. The summed E-state index contributed by atoms with van der Waals surface area (Å²) < 4.78 is 18.7. The third kappa shape index (κ3) is 4.75. The zero-order valence-electron chi connectivity index (χ0n) is 17.7. The lowest BCUT2D eigenvalue weighted by atomic mass is 9.89. The van der Waals surface area contributed by atoms with E-state index in [1.165, 1.54) is 12.1 Å². The molecule has 0 aromatic heterocycles. The lowest BCUT2D eigenvalue weighted by molar-refractivity contribution is -0.143. The van der Waals surface area contributed by atoms with Gasteiger partial charge in [-0.05, 0) is 60.4 Å². The monoisotopic (exact) mass is 430 g/mol. The van der Waals surface area contributed by atoms with E-state index in [0.717, 1.165) is 11.1 Å². The number of ether oxygens (including phenoxy) is 1. The third-order valence-electron chi connectivity index (χ3n) is 5.27. The molecule has 4 rings (SSSR count). The molecule has 1 aliphatic rings. The minimum Gasteiger partial charge on any atom is -0.466 e. The SMILES string of the molecule is CCOC(=O)CCc1cccc(C(=Nc2ccccc2)C2C(=O)Nc3cc(F)ccc32)c1. The van der Waals surface area contributed by atoms with Gasteiger partial charge in [0, 0.05) is 12.1 Å². The van der Waals surface area contributed by atoms with Crippen LogP contribution in [0.15, 0.2) is 77.8 Å². The second-order valence-corrected chi connectivity index (χ2v) is 7.49. The molecule has 0 saturated heterocycles. The molecule has 0 saturated carbocycles. The van der Waals surface area contributed by atoms with Gasteiger partial charge in [0.1, 0.15) is 11.7 Å². The van der Waals surface area contributed by atoms with E-state index in [2.05, 4.69) is 5.32 Å². The molecule has 0 aliphatic carbocycles. The molecule has 1 aliphatic heterocycles. The maximum absolute atomic E-state index is 13.7. The van der Waals surface area contributed by atoms with Crippen molar-refractivity contribution in [1.82, 2.24) is 0 Å². The average molecular weight is 430 g/mol. The predicted molar refractivity (Wildman–Crippen MR) is 122 cm³/mol. The lowest BCUT2D eigenvalue weighted by Crippen LogP contribution is -2.22. The summed E-state index contributed by atoms with van der Waals surface area (Å²) in [7, 11) is 0. The Morgan fingerprint density at radius 1 is 1.06 bits per heavy atom. The largest absolute Gasteiger partial charge is 0.466 e. The maximum atomic E-state index is 13.7. The minimum absolute atomic E-state index is 0.248. The first-order valence-electron chi connectivity index (χ1n) is 10.5. The number of para-hydroxylation sites is 1. The zero-order valence-corrected chi connectivity index (χ0v) is 17.7. The van der Waals surface area contributed by atoms with Gasteiger partial charge in [-0.15, -0.1) is 0 Å². The Kier molecular flexibility index (Phi) is 6.40. The maximum Gasteiger partial charge on any atom is 0.306 e. The van der Waals surface area contributed by atoms with Gasteiger partial charge >= 0.3 is 5.97 Å². The number of amides is 1. The molecule has 1 amide bonds. The van der Waals surface area contributed by atoms with Crippen LogP contribution in [0, 0.1) is 5.82 Å². The van der Waals surface area contributed by atoms with Crippen LogP contribution in [-0.2, 0) is 20.7 Å². The van der Waals surface area contributed by atoms with Gasteiger partial charge in [-0.3, -0.25) is 14.6 Å². The first kappa shape index (κ1) is 21.4. The minimum atomic E-state index is -0.675. The van der Waals surface area contributed by atoms with Crippen LogP contribution in [0.3, 0.4) is 0 Å². The molecule has 6 heteroatoms. The number of carbonyl (C=O) groups excluding carboxylic acids is 2.